The maximum absolute atomic E-state index is 11.0. The Morgan fingerprint density at radius 1 is 1.38 bits per heavy atom. The molecule has 68 valence electrons. The number of hydrogen-bond donors (Lipinski definition) is 3. The van der Waals surface area contributed by atoms with Gasteiger partial charge in [0.1, 0.15) is 11.3 Å². The van der Waals surface area contributed by atoms with Crippen molar-refractivity contribution >= 4 is 17.0 Å². The van der Waals surface area contributed by atoms with E-state index >= 15 is 0 Å². The van der Waals surface area contributed by atoms with E-state index in [9.17, 15) is 14.8 Å². The van der Waals surface area contributed by atoms with Gasteiger partial charge in [0.05, 0.1) is 0 Å². The number of H-pyrrole nitrogens is 2. The lowest BCUT2D eigenvalue weighted by molar-refractivity contribution is 1.03. The highest BCUT2D eigenvalue weighted by Gasteiger charge is 2.06. The van der Waals surface area contributed by atoms with Crippen LogP contribution < -0.4 is 17.1 Å². The summed E-state index contributed by atoms with van der Waals surface area (Å²) in [6.45, 7) is 0. The number of aromatic amines is 2. The van der Waals surface area contributed by atoms with Gasteiger partial charge >= 0.3 is 11.4 Å². The number of aromatic nitrogens is 4. The van der Waals surface area contributed by atoms with Crippen molar-refractivity contribution in [2.24, 2.45) is 0 Å². The molecule has 0 fully saturated rings. The van der Waals surface area contributed by atoms with Gasteiger partial charge < -0.3 is 15.7 Å². The van der Waals surface area contributed by atoms with Crippen LogP contribution in [-0.2, 0) is 0 Å². The summed E-state index contributed by atoms with van der Waals surface area (Å²) in [4.78, 5) is 29.1. The van der Waals surface area contributed by atoms with Gasteiger partial charge in [-0.2, -0.15) is 4.98 Å². The second-order valence-electron chi connectivity index (χ2n) is 2.38. The Morgan fingerprint density at radius 2 is 2.08 bits per heavy atom. The van der Waals surface area contributed by atoms with E-state index in [-0.39, 0.29) is 21.7 Å². The first-order valence-electron chi connectivity index (χ1n) is 3.27. The average molecular weight is 182 g/mol. The number of fused-ring (bicyclic) bond motifs is 1. The molecule has 8 nitrogen and oxygen atoms in total. The highest BCUT2D eigenvalue weighted by Crippen LogP contribution is 2.09. The first-order chi connectivity index (χ1) is 6.09. The van der Waals surface area contributed by atoms with Crippen molar-refractivity contribution in [2.75, 3.05) is 5.73 Å². The molecule has 0 saturated heterocycles. The molecular formula is C5H4N5O3-. The Bertz CT molecular complexity index is 576. The normalized spacial score (nSPS) is 10.8. The first kappa shape index (κ1) is 7.40. The quantitative estimate of drug-likeness (QED) is 0.448. The lowest BCUT2D eigenvalue weighted by atomic mass is 10.5. The molecule has 0 aliphatic rings. The Morgan fingerprint density at radius 3 is 2.77 bits per heavy atom. The van der Waals surface area contributed by atoms with Gasteiger partial charge in [-0.1, -0.05) is 0 Å². The second kappa shape index (κ2) is 2.12. The molecule has 0 aromatic carbocycles. The molecule has 2 aromatic heterocycles. The lowest BCUT2D eigenvalue weighted by Crippen LogP contribution is -2.13. The molecule has 13 heavy (non-hydrogen) atoms. The zero-order valence-electron chi connectivity index (χ0n) is 6.20. The van der Waals surface area contributed by atoms with Crippen LogP contribution in [0.15, 0.2) is 9.59 Å². The van der Waals surface area contributed by atoms with Crippen LogP contribution in [0.25, 0.3) is 11.2 Å². The van der Waals surface area contributed by atoms with Crippen LogP contribution in [0.2, 0.25) is 0 Å². The summed E-state index contributed by atoms with van der Waals surface area (Å²) >= 11 is 0. The van der Waals surface area contributed by atoms with Crippen molar-refractivity contribution in [3.05, 3.63) is 26.2 Å². The van der Waals surface area contributed by atoms with Gasteiger partial charge in [0.15, 0.2) is 5.65 Å². The van der Waals surface area contributed by atoms with E-state index in [2.05, 4.69) is 15.0 Å². The number of imidazole rings is 1. The van der Waals surface area contributed by atoms with Gasteiger partial charge in [-0.3, -0.25) is 9.97 Å². The number of rotatable bonds is 0. The SMILES string of the molecule is Nc1[nH]c(=O)nc2[nH]c(=O)n([O-])c12. The summed E-state index contributed by atoms with van der Waals surface area (Å²) in [5.74, 6) is -0.177. The molecule has 8 heteroatoms. The number of nitrogens with two attached hydrogens (primary N) is 1. The highest BCUT2D eigenvalue weighted by molar-refractivity contribution is 5.81. The van der Waals surface area contributed by atoms with Gasteiger partial charge in [-0.05, 0) is 0 Å². The predicted molar refractivity (Wildman–Crippen MR) is 44.2 cm³/mol. The van der Waals surface area contributed by atoms with Gasteiger partial charge in [0.25, 0.3) is 0 Å². The largest absolute Gasteiger partial charge is 0.802 e. The smallest absolute Gasteiger partial charge is 0.348 e. The fourth-order valence-electron chi connectivity index (χ4n) is 1.03. The highest BCUT2D eigenvalue weighted by atomic mass is 16.5. The van der Waals surface area contributed by atoms with Crippen molar-refractivity contribution in [1.82, 2.24) is 19.7 Å². The molecule has 0 atom stereocenters. The van der Waals surface area contributed by atoms with Crippen LogP contribution in [0.3, 0.4) is 0 Å². The number of nitrogens with one attached hydrogen (secondary N) is 2. The Kier molecular flexibility index (Phi) is 1.21. The van der Waals surface area contributed by atoms with Crippen LogP contribution in [0.4, 0.5) is 5.82 Å². The molecule has 4 N–H and O–H groups in total. The van der Waals surface area contributed by atoms with Gasteiger partial charge in [-0.25, -0.2) is 9.59 Å². The molecule has 2 aromatic rings. The summed E-state index contributed by atoms with van der Waals surface area (Å²) in [5, 5.41) is 11.0. The molecule has 0 aliphatic carbocycles. The number of anilines is 1. The van der Waals surface area contributed by atoms with Crippen molar-refractivity contribution in [2.45, 2.75) is 0 Å². The fourth-order valence-corrected chi connectivity index (χ4v) is 1.03. The average Bonchev–Trinajstić information content (AvgIpc) is 2.27. The summed E-state index contributed by atoms with van der Waals surface area (Å²) in [7, 11) is 0. The zero-order chi connectivity index (χ0) is 9.59. The van der Waals surface area contributed by atoms with E-state index < -0.39 is 11.4 Å². The number of nitrogens with zero attached hydrogens (tertiary/aromatic N) is 2. The van der Waals surface area contributed by atoms with Crippen LogP contribution in [-0.4, -0.2) is 19.7 Å². The van der Waals surface area contributed by atoms with Crippen molar-refractivity contribution in [3.63, 3.8) is 0 Å². The molecular weight excluding hydrogens is 178 g/mol. The molecule has 2 rings (SSSR count). The second-order valence-corrected chi connectivity index (χ2v) is 2.38. The standard InChI is InChI=1S/C5H4N5O3/c6-2-1-3(8-4(11)7-2)9-5(12)10(1)13/h(H4,6,7,8,9,11,12)/q-1. The van der Waals surface area contributed by atoms with Gasteiger partial charge in [0, 0.05) is 0 Å². The molecule has 0 radical (unpaired) electrons. The minimum atomic E-state index is -0.909. The third kappa shape index (κ3) is 0.883. The van der Waals surface area contributed by atoms with Crippen LogP contribution in [0.5, 0.6) is 0 Å². The minimum absolute atomic E-state index is 0.0353. The van der Waals surface area contributed by atoms with Crippen molar-refractivity contribution < 1.29 is 0 Å². The van der Waals surface area contributed by atoms with Crippen molar-refractivity contribution in [1.29, 1.82) is 0 Å². The molecule has 0 amide bonds. The zero-order valence-corrected chi connectivity index (χ0v) is 6.20. The lowest BCUT2D eigenvalue weighted by Gasteiger charge is -2.05. The van der Waals surface area contributed by atoms with Crippen molar-refractivity contribution in [3.8, 4) is 0 Å². The third-order valence-electron chi connectivity index (χ3n) is 1.55. The van der Waals surface area contributed by atoms with E-state index in [1.807, 2.05) is 0 Å². The summed E-state index contributed by atoms with van der Waals surface area (Å²) < 4.78 is 0.0353. The monoisotopic (exact) mass is 182 g/mol. The molecule has 2 heterocycles. The van der Waals surface area contributed by atoms with Crippen LogP contribution in [0.1, 0.15) is 0 Å². The molecule has 0 saturated carbocycles. The first-order valence-corrected chi connectivity index (χ1v) is 3.27. The van der Waals surface area contributed by atoms with Crippen LogP contribution >= 0.6 is 0 Å². The minimum Gasteiger partial charge on any atom is -0.802 e. The van der Waals surface area contributed by atoms with E-state index in [1.165, 1.54) is 0 Å². The number of nitrogen functional groups attached to an aromatic ring is 1. The topological polar surface area (TPSA) is 133 Å². The molecule has 0 unspecified atom stereocenters. The molecule has 0 spiro atoms. The molecule has 0 bridgehead atoms. The molecule has 0 aliphatic heterocycles. The summed E-state index contributed by atoms with van der Waals surface area (Å²) in [5.41, 5.74) is 3.41. The predicted octanol–water partition coefficient (Wildman–Crippen LogP) is -1.66. The van der Waals surface area contributed by atoms with Gasteiger partial charge in [-0.15, -0.1) is 0 Å². The summed E-state index contributed by atoms with van der Waals surface area (Å²) in [6.07, 6.45) is 0. The Labute approximate surface area is 69.6 Å². The van der Waals surface area contributed by atoms with E-state index in [0.717, 1.165) is 0 Å². The fraction of sp³-hybridized carbons (Fsp3) is 0. The maximum atomic E-state index is 11.0. The Balaban J connectivity index is 3.12. The van der Waals surface area contributed by atoms with E-state index in [0.29, 0.717) is 0 Å². The Hall–Kier alpha value is -2.25. The maximum Gasteiger partial charge on any atom is 0.348 e. The summed E-state index contributed by atoms with van der Waals surface area (Å²) in [6, 6.07) is 0. The number of hydrogen-bond acceptors (Lipinski definition) is 5. The van der Waals surface area contributed by atoms with E-state index in [1.54, 1.807) is 0 Å². The van der Waals surface area contributed by atoms with Gasteiger partial charge in [0.2, 0.25) is 0 Å². The third-order valence-corrected chi connectivity index (χ3v) is 1.55. The van der Waals surface area contributed by atoms with E-state index in [4.69, 9.17) is 5.73 Å². The van der Waals surface area contributed by atoms with Crippen LogP contribution in [0, 0.1) is 5.21 Å².